The Hall–Kier alpha value is -3.51. The van der Waals surface area contributed by atoms with Crippen molar-refractivity contribution in [3.05, 3.63) is 95.1 Å². The fraction of sp³-hybridized carbons (Fsp3) is 0.513. The Bertz CT molecular complexity index is 1290. The highest BCUT2D eigenvalue weighted by atomic mass is 16.5. The van der Waals surface area contributed by atoms with Crippen molar-refractivity contribution in [2.24, 2.45) is 0 Å². The van der Waals surface area contributed by atoms with Crippen molar-refractivity contribution < 1.29 is 19.7 Å². The van der Waals surface area contributed by atoms with E-state index in [1.165, 1.54) is 16.0 Å². The zero-order valence-electron chi connectivity index (χ0n) is 28.6. The van der Waals surface area contributed by atoms with E-state index in [4.69, 9.17) is 4.74 Å². The minimum atomic E-state index is -0.889. The number of amides is 1. The minimum absolute atomic E-state index is 0.139. The lowest BCUT2D eigenvalue weighted by Gasteiger charge is -2.33. The molecule has 0 aliphatic rings. The zero-order chi connectivity index (χ0) is 33.0. The van der Waals surface area contributed by atoms with Gasteiger partial charge in [0.1, 0.15) is 11.5 Å². The minimum Gasteiger partial charge on any atom is -0.508 e. The Morgan fingerprint density at radius 1 is 0.800 bits per heavy atom. The summed E-state index contributed by atoms with van der Waals surface area (Å²) in [6.07, 6.45) is 4.79. The third-order valence-corrected chi connectivity index (χ3v) is 8.64. The monoisotopic (exact) mass is 616 g/mol. The van der Waals surface area contributed by atoms with Crippen LogP contribution in [-0.4, -0.2) is 63.4 Å². The summed E-state index contributed by atoms with van der Waals surface area (Å²) < 4.78 is 5.98. The molecule has 45 heavy (non-hydrogen) atoms. The number of ether oxygens (including phenoxy) is 1. The molecule has 0 fully saturated rings. The molecule has 3 rings (SSSR count). The van der Waals surface area contributed by atoms with Crippen molar-refractivity contribution in [3.8, 4) is 11.5 Å². The Balaban J connectivity index is 1.50. The third kappa shape index (κ3) is 11.4. The van der Waals surface area contributed by atoms with Crippen molar-refractivity contribution in [1.29, 1.82) is 0 Å². The van der Waals surface area contributed by atoms with E-state index in [1.807, 2.05) is 51.1 Å². The number of carboxylic acid groups (broad SMARTS) is 1. The lowest BCUT2D eigenvalue weighted by atomic mass is 9.86. The molecule has 1 amide bonds. The molecule has 6 heteroatoms. The van der Waals surface area contributed by atoms with Gasteiger partial charge in [-0.3, -0.25) is 4.90 Å². The predicted molar refractivity (Wildman–Crippen MR) is 186 cm³/mol. The molecule has 0 saturated heterocycles. The van der Waals surface area contributed by atoms with Gasteiger partial charge in [-0.15, -0.1) is 0 Å². The van der Waals surface area contributed by atoms with Crippen LogP contribution in [0.25, 0.3) is 0 Å². The lowest BCUT2D eigenvalue weighted by Crippen LogP contribution is -2.45. The number of unbranched alkanes of at least 4 members (excludes halogenated alkanes) is 2. The number of aromatic hydroxyl groups is 1. The number of rotatable bonds is 17. The number of phenolic OH excluding ortho intramolecular Hbond substituents is 1. The number of carbonyl (C=O) groups is 1. The van der Waals surface area contributed by atoms with Crippen molar-refractivity contribution >= 4 is 6.09 Å². The first-order chi connectivity index (χ1) is 21.4. The molecule has 0 radical (unpaired) electrons. The Labute approximate surface area is 272 Å². The molecule has 6 nitrogen and oxygen atoms in total. The van der Waals surface area contributed by atoms with Crippen LogP contribution in [0.15, 0.2) is 72.8 Å². The molecule has 0 aliphatic heterocycles. The largest absolute Gasteiger partial charge is 0.508 e. The van der Waals surface area contributed by atoms with Crippen LogP contribution in [0.5, 0.6) is 11.5 Å². The van der Waals surface area contributed by atoms with Crippen LogP contribution in [0.2, 0.25) is 0 Å². The highest BCUT2D eigenvalue weighted by molar-refractivity contribution is 5.66. The Kier molecular flexibility index (Phi) is 13.8. The summed E-state index contributed by atoms with van der Waals surface area (Å²) >= 11 is 0. The summed E-state index contributed by atoms with van der Waals surface area (Å²) in [6, 6.07) is 25.7. The van der Waals surface area contributed by atoms with Gasteiger partial charge in [0.2, 0.25) is 0 Å². The normalized spacial score (nSPS) is 12.6. The summed E-state index contributed by atoms with van der Waals surface area (Å²) in [4.78, 5) is 15.6. The number of benzene rings is 3. The quantitative estimate of drug-likeness (QED) is 0.148. The van der Waals surface area contributed by atoms with Crippen LogP contribution in [0, 0.1) is 0 Å². The summed E-state index contributed by atoms with van der Waals surface area (Å²) in [5.41, 5.74) is 4.20. The SMILES string of the molecule is CC(C)N(CC[C@H](c1ccccc1)c1cc(CCCCCOc2ccc(CCN(C(=O)O)C(C)(C)C)cc2)ccc1O)C(C)C. The van der Waals surface area contributed by atoms with Gasteiger partial charge in [-0.2, -0.15) is 0 Å². The van der Waals surface area contributed by atoms with Gasteiger partial charge in [0.25, 0.3) is 0 Å². The van der Waals surface area contributed by atoms with E-state index in [9.17, 15) is 15.0 Å². The van der Waals surface area contributed by atoms with Crippen LogP contribution in [0.3, 0.4) is 0 Å². The maximum Gasteiger partial charge on any atom is 0.407 e. The smallest absolute Gasteiger partial charge is 0.407 e. The van der Waals surface area contributed by atoms with Gasteiger partial charge in [0, 0.05) is 35.6 Å². The molecule has 0 heterocycles. The van der Waals surface area contributed by atoms with E-state index in [0.717, 1.165) is 55.5 Å². The second-order valence-electron chi connectivity index (χ2n) is 13.7. The van der Waals surface area contributed by atoms with Gasteiger partial charge in [0.05, 0.1) is 6.61 Å². The van der Waals surface area contributed by atoms with Gasteiger partial charge in [0.15, 0.2) is 0 Å². The highest BCUT2D eigenvalue weighted by Crippen LogP contribution is 2.35. The van der Waals surface area contributed by atoms with Crippen molar-refractivity contribution in [2.45, 2.75) is 111 Å². The fourth-order valence-corrected chi connectivity index (χ4v) is 6.13. The molecule has 0 aliphatic carbocycles. The standard InChI is InChI=1S/C39H56N2O4/c1-29(2)40(30(3)4)25-24-35(33-15-11-8-12-16-33)36-28-32(19-22-37(36)42)14-10-9-13-27-45-34-20-17-31(18-21-34)23-26-41(38(43)44)39(5,6)7/h8,11-12,15-22,28-30,35,42H,9-10,13-14,23-27H2,1-7H3,(H,43,44)/t35-/m1/s1. The van der Waals surface area contributed by atoms with Crippen molar-refractivity contribution in [2.75, 3.05) is 19.7 Å². The van der Waals surface area contributed by atoms with E-state index < -0.39 is 11.6 Å². The maximum atomic E-state index is 11.6. The van der Waals surface area contributed by atoms with E-state index in [0.29, 0.717) is 37.4 Å². The first-order valence-electron chi connectivity index (χ1n) is 16.7. The third-order valence-electron chi connectivity index (χ3n) is 8.64. The summed E-state index contributed by atoms with van der Waals surface area (Å²) in [6.45, 7) is 16.9. The number of hydrogen-bond acceptors (Lipinski definition) is 4. The molecule has 0 bridgehead atoms. The molecule has 0 spiro atoms. The average molecular weight is 617 g/mol. The van der Waals surface area contributed by atoms with Crippen LogP contribution in [0.4, 0.5) is 4.79 Å². The van der Waals surface area contributed by atoms with Gasteiger partial charge in [-0.1, -0.05) is 54.6 Å². The first kappa shape index (κ1) is 36.0. The van der Waals surface area contributed by atoms with E-state index in [2.05, 4.69) is 75.1 Å². The molecular weight excluding hydrogens is 560 g/mol. The molecule has 0 unspecified atom stereocenters. The van der Waals surface area contributed by atoms with Gasteiger partial charge in [-0.25, -0.2) is 4.79 Å². The molecule has 246 valence electrons. The van der Waals surface area contributed by atoms with Gasteiger partial charge >= 0.3 is 6.09 Å². The Morgan fingerprint density at radius 2 is 1.44 bits per heavy atom. The van der Waals surface area contributed by atoms with Crippen molar-refractivity contribution in [3.63, 3.8) is 0 Å². The summed E-state index contributed by atoms with van der Waals surface area (Å²) in [5.74, 6) is 1.36. The summed E-state index contributed by atoms with van der Waals surface area (Å²) in [7, 11) is 0. The molecule has 2 N–H and O–H groups in total. The van der Waals surface area contributed by atoms with Crippen LogP contribution in [0.1, 0.15) is 102 Å². The second-order valence-corrected chi connectivity index (χ2v) is 13.7. The van der Waals surface area contributed by atoms with Crippen LogP contribution in [-0.2, 0) is 12.8 Å². The number of phenols is 1. The number of hydrogen-bond donors (Lipinski definition) is 2. The zero-order valence-corrected chi connectivity index (χ0v) is 28.6. The van der Waals surface area contributed by atoms with E-state index in [-0.39, 0.29) is 5.92 Å². The lowest BCUT2D eigenvalue weighted by molar-refractivity contribution is 0.101. The molecule has 1 atom stereocenters. The van der Waals surface area contributed by atoms with E-state index >= 15 is 0 Å². The summed E-state index contributed by atoms with van der Waals surface area (Å²) in [5, 5.41) is 20.5. The Morgan fingerprint density at radius 3 is 2.04 bits per heavy atom. The predicted octanol–water partition coefficient (Wildman–Crippen LogP) is 9.15. The molecular formula is C39H56N2O4. The maximum absolute atomic E-state index is 11.6. The fourth-order valence-electron chi connectivity index (χ4n) is 6.13. The second kappa shape index (κ2) is 17.3. The van der Waals surface area contributed by atoms with Crippen LogP contribution < -0.4 is 4.74 Å². The van der Waals surface area contributed by atoms with E-state index in [1.54, 1.807) is 0 Å². The average Bonchev–Trinajstić information content (AvgIpc) is 2.98. The molecule has 3 aromatic carbocycles. The highest BCUT2D eigenvalue weighted by Gasteiger charge is 2.25. The first-order valence-corrected chi connectivity index (χ1v) is 16.7. The molecule has 3 aromatic rings. The van der Waals surface area contributed by atoms with Crippen molar-refractivity contribution in [1.82, 2.24) is 9.80 Å². The topological polar surface area (TPSA) is 73.2 Å². The number of aryl methyl sites for hydroxylation is 1. The molecule has 0 aromatic heterocycles. The molecule has 0 saturated carbocycles. The van der Waals surface area contributed by atoms with Crippen LogP contribution >= 0.6 is 0 Å². The van der Waals surface area contributed by atoms with Gasteiger partial charge < -0.3 is 19.8 Å². The number of nitrogens with zero attached hydrogens (tertiary/aromatic N) is 2. The van der Waals surface area contributed by atoms with Gasteiger partial charge in [-0.05, 0) is 128 Å².